The highest BCUT2D eigenvalue weighted by atomic mass is 32.1. The molecule has 0 radical (unpaired) electrons. The summed E-state index contributed by atoms with van der Waals surface area (Å²) < 4.78 is 1.96. The molecule has 1 aliphatic heterocycles. The maximum Gasteiger partial charge on any atom is 0.317 e. The number of likely N-dealkylation sites (tertiary alicyclic amines) is 1. The van der Waals surface area contributed by atoms with Gasteiger partial charge in [0.25, 0.3) is 0 Å². The number of carbonyl (C=O) groups is 1. The van der Waals surface area contributed by atoms with Crippen LogP contribution in [0.2, 0.25) is 0 Å². The second-order valence-corrected chi connectivity index (χ2v) is 6.29. The summed E-state index contributed by atoms with van der Waals surface area (Å²) in [5, 5.41) is 5.06. The first-order valence-corrected chi connectivity index (χ1v) is 8.43. The zero-order chi connectivity index (χ0) is 15.2. The first-order valence-electron chi connectivity index (χ1n) is 7.55. The third-order valence-electron chi connectivity index (χ3n) is 3.79. The van der Waals surface area contributed by atoms with E-state index in [0.29, 0.717) is 6.54 Å². The highest BCUT2D eigenvalue weighted by Gasteiger charge is 2.26. The molecule has 2 aromatic rings. The first kappa shape index (κ1) is 14.8. The van der Waals surface area contributed by atoms with E-state index < -0.39 is 0 Å². The van der Waals surface area contributed by atoms with Crippen LogP contribution < -0.4 is 5.32 Å². The van der Waals surface area contributed by atoms with E-state index in [1.807, 2.05) is 21.7 Å². The smallest absolute Gasteiger partial charge is 0.317 e. The van der Waals surface area contributed by atoms with Crippen molar-refractivity contribution in [3.63, 3.8) is 0 Å². The predicted molar refractivity (Wildman–Crippen MR) is 88.7 cm³/mol. The Hall–Kier alpha value is -2.08. The van der Waals surface area contributed by atoms with Crippen LogP contribution >= 0.6 is 11.3 Å². The lowest BCUT2D eigenvalue weighted by Gasteiger charge is -2.22. The highest BCUT2D eigenvalue weighted by molar-refractivity contribution is 7.10. The summed E-state index contributed by atoms with van der Waals surface area (Å²) in [6.07, 6.45) is 11.8. The molecule has 1 atom stereocenters. The van der Waals surface area contributed by atoms with Gasteiger partial charge >= 0.3 is 6.03 Å². The Kier molecular flexibility index (Phi) is 4.90. The molecule has 2 aromatic heterocycles. The summed E-state index contributed by atoms with van der Waals surface area (Å²) in [4.78, 5) is 19.5. The van der Waals surface area contributed by atoms with Crippen molar-refractivity contribution in [3.05, 3.63) is 47.2 Å². The number of amides is 2. The van der Waals surface area contributed by atoms with Crippen LogP contribution in [-0.2, 0) is 6.54 Å². The summed E-state index contributed by atoms with van der Waals surface area (Å²) in [6.45, 7) is 2.19. The molecular formula is C16H20N4OS. The lowest BCUT2D eigenvalue weighted by molar-refractivity contribution is 0.200. The Balaban J connectivity index is 1.50. The zero-order valence-corrected chi connectivity index (χ0v) is 13.2. The van der Waals surface area contributed by atoms with Gasteiger partial charge in [-0.15, -0.1) is 11.3 Å². The second-order valence-electron chi connectivity index (χ2n) is 5.31. The molecule has 22 heavy (non-hydrogen) atoms. The van der Waals surface area contributed by atoms with Gasteiger partial charge in [-0.1, -0.05) is 12.1 Å². The Morgan fingerprint density at radius 3 is 3.27 bits per heavy atom. The van der Waals surface area contributed by atoms with Crippen molar-refractivity contribution in [2.75, 3.05) is 13.1 Å². The number of carbonyl (C=O) groups excluding carboxylic acids is 1. The third-order valence-corrected chi connectivity index (χ3v) is 4.63. The molecule has 1 N–H and O–H groups in total. The molecule has 0 aromatic carbocycles. The number of rotatable bonds is 5. The Morgan fingerprint density at radius 2 is 2.50 bits per heavy atom. The van der Waals surface area contributed by atoms with Crippen molar-refractivity contribution < 1.29 is 4.79 Å². The molecule has 1 fully saturated rings. The molecule has 1 saturated heterocycles. The standard InChI is InChI=1S/C16H20N4OS/c21-16(18-8-11-19-10-7-17-13-19)20-9-1-3-14(20)5-6-15-4-2-12-22-15/h2,4-7,10,12-14H,1,3,8-9,11H2,(H,18,21)/b6-5+/t14-/m0/s1. The predicted octanol–water partition coefficient (Wildman–Crippen LogP) is 2.83. The van der Waals surface area contributed by atoms with E-state index >= 15 is 0 Å². The Bertz CT molecular complexity index is 606. The van der Waals surface area contributed by atoms with Gasteiger partial charge in [0.2, 0.25) is 0 Å². The first-order chi connectivity index (χ1) is 10.8. The lowest BCUT2D eigenvalue weighted by atomic mass is 10.2. The van der Waals surface area contributed by atoms with Gasteiger partial charge in [0.05, 0.1) is 12.4 Å². The van der Waals surface area contributed by atoms with Gasteiger partial charge in [-0.3, -0.25) is 0 Å². The maximum absolute atomic E-state index is 12.3. The van der Waals surface area contributed by atoms with Gasteiger partial charge < -0.3 is 14.8 Å². The van der Waals surface area contributed by atoms with Gasteiger partial charge in [0, 0.05) is 36.9 Å². The van der Waals surface area contributed by atoms with Gasteiger partial charge in [-0.2, -0.15) is 0 Å². The third kappa shape index (κ3) is 3.76. The number of hydrogen-bond donors (Lipinski definition) is 1. The van der Waals surface area contributed by atoms with Crippen LogP contribution in [0, 0.1) is 0 Å². The van der Waals surface area contributed by atoms with E-state index in [1.54, 1.807) is 23.9 Å². The van der Waals surface area contributed by atoms with Gasteiger partial charge in [0.15, 0.2) is 0 Å². The molecule has 0 bridgehead atoms. The molecule has 1 aliphatic rings. The molecule has 0 saturated carbocycles. The topological polar surface area (TPSA) is 50.2 Å². The number of imidazole rings is 1. The summed E-state index contributed by atoms with van der Waals surface area (Å²) in [7, 11) is 0. The fraction of sp³-hybridized carbons (Fsp3) is 0.375. The summed E-state index contributed by atoms with van der Waals surface area (Å²) >= 11 is 1.71. The van der Waals surface area contributed by atoms with Crippen molar-refractivity contribution in [2.45, 2.75) is 25.4 Å². The lowest BCUT2D eigenvalue weighted by Crippen LogP contribution is -2.43. The van der Waals surface area contributed by atoms with E-state index in [9.17, 15) is 4.79 Å². The van der Waals surface area contributed by atoms with Crippen LogP contribution in [0.25, 0.3) is 6.08 Å². The van der Waals surface area contributed by atoms with E-state index in [4.69, 9.17) is 0 Å². The van der Waals surface area contributed by atoms with Crippen LogP contribution in [-0.4, -0.2) is 39.6 Å². The summed E-state index contributed by atoms with van der Waals surface area (Å²) in [6, 6.07) is 4.36. The van der Waals surface area contributed by atoms with Crippen LogP contribution in [0.1, 0.15) is 17.7 Å². The molecule has 2 amide bonds. The molecule has 3 rings (SSSR count). The van der Waals surface area contributed by atoms with Crippen molar-refractivity contribution in [2.24, 2.45) is 0 Å². The monoisotopic (exact) mass is 316 g/mol. The van der Waals surface area contributed by atoms with E-state index in [0.717, 1.165) is 25.9 Å². The van der Waals surface area contributed by atoms with Crippen LogP contribution in [0.15, 0.2) is 42.3 Å². The van der Waals surface area contributed by atoms with Gasteiger partial charge in [0.1, 0.15) is 0 Å². The molecule has 116 valence electrons. The molecule has 0 unspecified atom stereocenters. The number of hydrogen-bond acceptors (Lipinski definition) is 3. The quantitative estimate of drug-likeness (QED) is 0.922. The summed E-state index contributed by atoms with van der Waals surface area (Å²) in [5.74, 6) is 0. The van der Waals surface area contributed by atoms with E-state index in [-0.39, 0.29) is 12.1 Å². The minimum atomic E-state index is 0.0263. The maximum atomic E-state index is 12.3. The molecule has 6 heteroatoms. The zero-order valence-electron chi connectivity index (χ0n) is 12.4. The average molecular weight is 316 g/mol. The van der Waals surface area contributed by atoms with E-state index in [2.05, 4.69) is 33.9 Å². The van der Waals surface area contributed by atoms with Crippen molar-refractivity contribution in [3.8, 4) is 0 Å². The molecule has 3 heterocycles. The SMILES string of the molecule is O=C(NCCn1ccnc1)N1CCC[C@H]1/C=C/c1cccs1. The minimum absolute atomic E-state index is 0.0263. The van der Waals surface area contributed by atoms with Crippen LogP contribution in [0.4, 0.5) is 4.79 Å². The van der Waals surface area contributed by atoms with Gasteiger partial charge in [-0.05, 0) is 30.4 Å². The number of urea groups is 1. The largest absolute Gasteiger partial charge is 0.336 e. The van der Waals surface area contributed by atoms with Gasteiger partial charge in [-0.25, -0.2) is 9.78 Å². The van der Waals surface area contributed by atoms with E-state index in [1.165, 1.54) is 4.88 Å². The van der Waals surface area contributed by atoms with Crippen molar-refractivity contribution >= 4 is 23.4 Å². The minimum Gasteiger partial charge on any atom is -0.336 e. The molecular weight excluding hydrogens is 296 g/mol. The molecule has 0 aliphatic carbocycles. The highest BCUT2D eigenvalue weighted by Crippen LogP contribution is 2.20. The molecule has 5 nitrogen and oxygen atoms in total. The normalized spacial score (nSPS) is 18.2. The average Bonchev–Trinajstić information content (AvgIpc) is 3.26. The number of nitrogens with zero attached hydrogens (tertiary/aromatic N) is 3. The van der Waals surface area contributed by atoms with Crippen molar-refractivity contribution in [1.82, 2.24) is 19.8 Å². The number of thiophene rings is 1. The fourth-order valence-corrected chi connectivity index (χ4v) is 3.28. The second kappa shape index (κ2) is 7.26. The Morgan fingerprint density at radius 1 is 1.55 bits per heavy atom. The molecule has 0 spiro atoms. The Labute approximate surface area is 134 Å². The summed E-state index contributed by atoms with van der Waals surface area (Å²) in [5.41, 5.74) is 0. The number of aromatic nitrogens is 2. The van der Waals surface area contributed by atoms with Crippen LogP contribution in [0.5, 0.6) is 0 Å². The van der Waals surface area contributed by atoms with Crippen LogP contribution in [0.3, 0.4) is 0 Å². The fourth-order valence-electron chi connectivity index (χ4n) is 2.65. The van der Waals surface area contributed by atoms with Crippen molar-refractivity contribution in [1.29, 1.82) is 0 Å². The number of nitrogens with one attached hydrogen (secondary N) is 1.